The molecule has 1 aromatic heterocycles. The number of rotatable bonds is 8. The summed E-state index contributed by atoms with van der Waals surface area (Å²) >= 11 is 4.48. The molecular formula is C25H19I2N3O3. The van der Waals surface area contributed by atoms with E-state index in [1.807, 2.05) is 66.7 Å². The fraction of sp³-hybridized carbons (Fsp3) is 0.0800. The van der Waals surface area contributed by atoms with E-state index in [1.54, 1.807) is 18.5 Å². The number of carbonyl (C=O) groups is 1. The number of amides is 1. The molecule has 0 radical (unpaired) electrons. The molecule has 0 saturated heterocycles. The number of aromatic nitrogens is 1. The van der Waals surface area contributed by atoms with Crippen LogP contribution in [0.1, 0.15) is 11.1 Å². The standard InChI is InChI=1S/C25H19I2N3O3/c26-20-12-18(13-21(27)25(20)33-15-17-6-2-1-3-7-17)14-29-30-23(31)16-32-22-10-4-8-19-9-5-11-28-24(19)22/h1-14H,15-16H2,(H,30,31)/b29-14+. The first-order valence-electron chi connectivity index (χ1n) is 10.0. The Hall–Kier alpha value is -2.73. The third-order valence-corrected chi connectivity index (χ3v) is 6.21. The second-order valence-corrected chi connectivity index (χ2v) is 9.33. The van der Waals surface area contributed by atoms with Gasteiger partial charge in [-0.05, 0) is 80.6 Å². The van der Waals surface area contributed by atoms with Gasteiger partial charge >= 0.3 is 0 Å². The van der Waals surface area contributed by atoms with Crippen molar-refractivity contribution >= 4 is 68.2 Å². The Morgan fingerprint density at radius 3 is 2.52 bits per heavy atom. The summed E-state index contributed by atoms with van der Waals surface area (Å²) in [6.07, 6.45) is 3.29. The average molecular weight is 663 g/mol. The number of para-hydroxylation sites is 1. The van der Waals surface area contributed by atoms with Crippen molar-refractivity contribution < 1.29 is 14.3 Å². The molecule has 6 nitrogen and oxygen atoms in total. The zero-order valence-corrected chi connectivity index (χ0v) is 21.7. The van der Waals surface area contributed by atoms with Gasteiger partial charge in [0, 0.05) is 11.6 Å². The van der Waals surface area contributed by atoms with Crippen LogP contribution in [0.25, 0.3) is 10.9 Å². The molecule has 1 heterocycles. The van der Waals surface area contributed by atoms with Crippen molar-refractivity contribution in [2.24, 2.45) is 5.10 Å². The van der Waals surface area contributed by atoms with Gasteiger partial charge in [0.05, 0.1) is 13.4 Å². The van der Waals surface area contributed by atoms with Gasteiger partial charge in [-0.3, -0.25) is 9.78 Å². The van der Waals surface area contributed by atoms with Crippen LogP contribution in [0.2, 0.25) is 0 Å². The van der Waals surface area contributed by atoms with Crippen LogP contribution in [-0.4, -0.2) is 23.7 Å². The Morgan fingerprint density at radius 2 is 1.73 bits per heavy atom. The second-order valence-electron chi connectivity index (χ2n) is 7.00. The maximum absolute atomic E-state index is 12.2. The molecule has 0 aliphatic carbocycles. The monoisotopic (exact) mass is 663 g/mol. The van der Waals surface area contributed by atoms with Crippen molar-refractivity contribution in [2.75, 3.05) is 6.61 Å². The molecule has 0 unspecified atom stereocenters. The quantitative estimate of drug-likeness (QED) is 0.153. The Bertz CT molecular complexity index is 1270. The zero-order valence-electron chi connectivity index (χ0n) is 17.4. The molecule has 0 saturated carbocycles. The molecule has 0 spiro atoms. The van der Waals surface area contributed by atoms with E-state index in [2.05, 4.69) is 60.7 Å². The van der Waals surface area contributed by atoms with Crippen molar-refractivity contribution in [1.82, 2.24) is 10.4 Å². The predicted molar refractivity (Wildman–Crippen MR) is 146 cm³/mol. The number of halogens is 2. The molecule has 166 valence electrons. The van der Waals surface area contributed by atoms with E-state index in [9.17, 15) is 4.79 Å². The van der Waals surface area contributed by atoms with Crippen molar-refractivity contribution in [1.29, 1.82) is 0 Å². The second kappa shape index (κ2) is 11.4. The number of pyridine rings is 1. The molecule has 1 amide bonds. The maximum Gasteiger partial charge on any atom is 0.277 e. The lowest BCUT2D eigenvalue weighted by molar-refractivity contribution is -0.123. The molecule has 33 heavy (non-hydrogen) atoms. The summed E-state index contributed by atoms with van der Waals surface area (Å²) in [5.74, 6) is 1.03. The lowest BCUT2D eigenvalue weighted by atomic mass is 10.2. The van der Waals surface area contributed by atoms with Crippen LogP contribution in [0.3, 0.4) is 0 Å². The molecule has 0 bridgehead atoms. The minimum Gasteiger partial charge on any atom is -0.487 e. The number of ether oxygens (including phenoxy) is 2. The lowest BCUT2D eigenvalue weighted by Gasteiger charge is -2.11. The van der Waals surface area contributed by atoms with Gasteiger partial charge in [-0.25, -0.2) is 5.43 Å². The summed E-state index contributed by atoms with van der Waals surface area (Å²) in [5.41, 5.74) is 5.18. The van der Waals surface area contributed by atoms with E-state index in [4.69, 9.17) is 9.47 Å². The highest BCUT2D eigenvalue weighted by molar-refractivity contribution is 14.1. The number of hydrazone groups is 1. The van der Waals surface area contributed by atoms with Gasteiger partial charge < -0.3 is 9.47 Å². The highest BCUT2D eigenvalue weighted by Gasteiger charge is 2.09. The van der Waals surface area contributed by atoms with Crippen LogP contribution in [0.15, 0.2) is 84.1 Å². The van der Waals surface area contributed by atoms with Crippen LogP contribution in [0.5, 0.6) is 11.5 Å². The first kappa shape index (κ1) is 23.4. The Kier molecular flexibility index (Phi) is 8.10. The first-order valence-corrected chi connectivity index (χ1v) is 12.2. The lowest BCUT2D eigenvalue weighted by Crippen LogP contribution is -2.24. The Morgan fingerprint density at radius 1 is 0.970 bits per heavy atom. The fourth-order valence-corrected chi connectivity index (χ4v) is 5.20. The van der Waals surface area contributed by atoms with Crippen LogP contribution in [0.4, 0.5) is 0 Å². The number of nitrogens with one attached hydrogen (secondary N) is 1. The molecule has 8 heteroatoms. The number of carbonyl (C=O) groups excluding carboxylic acids is 1. The van der Waals surface area contributed by atoms with Crippen molar-refractivity contribution in [3.05, 3.63) is 97.3 Å². The summed E-state index contributed by atoms with van der Waals surface area (Å²) in [6, 6.07) is 23.3. The van der Waals surface area contributed by atoms with Crippen molar-refractivity contribution in [3.8, 4) is 11.5 Å². The van der Waals surface area contributed by atoms with E-state index in [1.165, 1.54) is 0 Å². The van der Waals surface area contributed by atoms with Crippen LogP contribution >= 0.6 is 45.2 Å². The van der Waals surface area contributed by atoms with Crippen LogP contribution in [-0.2, 0) is 11.4 Å². The van der Waals surface area contributed by atoms with Crippen LogP contribution in [0, 0.1) is 7.14 Å². The molecule has 0 atom stereocenters. The number of nitrogens with zero attached hydrogens (tertiary/aromatic N) is 2. The number of fused-ring (bicyclic) bond motifs is 1. The number of benzene rings is 3. The minimum absolute atomic E-state index is 0.158. The van der Waals surface area contributed by atoms with Gasteiger partial charge in [-0.1, -0.05) is 48.5 Å². The molecule has 4 aromatic rings. The van der Waals surface area contributed by atoms with Gasteiger partial charge in [0.25, 0.3) is 5.91 Å². The van der Waals surface area contributed by atoms with E-state index >= 15 is 0 Å². The average Bonchev–Trinajstić information content (AvgIpc) is 2.83. The summed E-state index contributed by atoms with van der Waals surface area (Å²) in [6.45, 7) is 0.344. The molecule has 0 aliphatic rings. The third kappa shape index (κ3) is 6.41. The van der Waals surface area contributed by atoms with E-state index in [0.29, 0.717) is 12.4 Å². The smallest absolute Gasteiger partial charge is 0.277 e. The normalized spacial score (nSPS) is 11.0. The van der Waals surface area contributed by atoms with Crippen molar-refractivity contribution in [3.63, 3.8) is 0 Å². The van der Waals surface area contributed by atoms with E-state index in [0.717, 1.165) is 34.9 Å². The van der Waals surface area contributed by atoms with E-state index < -0.39 is 0 Å². The molecular weight excluding hydrogens is 644 g/mol. The third-order valence-electron chi connectivity index (χ3n) is 4.60. The van der Waals surface area contributed by atoms with Gasteiger partial charge in [0.2, 0.25) is 0 Å². The summed E-state index contributed by atoms with van der Waals surface area (Å²) in [7, 11) is 0. The molecule has 3 aromatic carbocycles. The van der Waals surface area contributed by atoms with Gasteiger partial charge in [-0.15, -0.1) is 0 Å². The van der Waals surface area contributed by atoms with Gasteiger partial charge in [-0.2, -0.15) is 5.10 Å². The zero-order chi connectivity index (χ0) is 23.0. The maximum atomic E-state index is 12.2. The Labute approximate surface area is 218 Å². The number of hydrogen-bond donors (Lipinski definition) is 1. The molecule has 0 aliphatic heterocycles. The molecule has 1 N–H and O–H groups in total. The minimum atomic E-state index is -0.355. The van der Waals surface area contributed by atoms with Gasteiger partial charge in [0.15, 0.2) is 6.61 Å². The summed E-state index contributed by atoms with van der Waals surface area (Å²) in [5, 5.41) is 5.01. The number of hydrogen-bond acceptors (Lipinski definition) is 5. The largest absolute Gasteiger partial charge is 0.487 e. The van der Waals surface area contributed by atoms with Gasteiger partial charge in [0.1, 0.15) is 23.6 Å². The predicted octanol–water partition coefficient (Wildman–Crippen LogP) is 5.55. The summed E-state index contributed by atoms with van der Waals surface area (Å²) < 4.78 is 13.6. The molecule has 4 rings (SSSR count). The fourth-order valence-electron chi connectivity index (χ4n) is 3.07. The topological polar surface area (TPSA) is 72.8 Å². The Balaban J connectivity index is 1.32. The SMILES string of the molecule is O=C(COc1cccc2cccnc12)N/N=C/c1cc(I)c(OCc2ccccc2)c(I)c1. The van der Waals surface area contributed by atoms with Crippen molar-refractivity contribution in [2.45, 2.75) is 6.61 Å². The highest BCUT2D eigenvalue weighted by Crippen LogP contribution is 2.29. The first-order chi connectivity index (χ1) is 16.1. The van der Waals surface area contributed by atoms with Crippen LogP contribution < -0.4 is 14.9 Å². The summed E-state index contributed by atoms with van der Waals surface area (Å²) in [4.78, 5) is 16.5. The highest BCUT2D eigenvalue weighted by atomic mass is 127. The van der Waals surface area contributed by atoms with E-state index in [-0.39, 0.29) is 12.5 Å². The molecule has 0 fully saturated rings.